The molecule has 0 spiro atoms. The first-order valence-corrected chi connectivity index (χ1v) is 6.60. The second kappa shape index (κ2) is 7.39. The van der Waals surface area contributed by atoms with Crippen LogP contribution in [0.15, 0.2) is 24.3 Å². The summed E-state index contributed by atoms with van der Waals surface area (Å²) in [6, 6.07) is 8.41. The van der Waals surface area contributed by atoms with E-state index in [1.807, 2.05) is 26.2 Å². The fourth-order valence-corrected chi connectivity index (χ4v) is 2.22. The minimum absolute atomic E-state index is 0.191. The van der Waals surface area contributed by atoms with Crippen molar-refractivity contribution in [3.8, 4) is 5.75 Å². The molecule has 0 saturated heterocycles. The first-order valence-electron chi connectivity index (χ1n) is 6.60. The Labute approximate surface area is 110 Å². The molecule has 2 atom stereocenters. The molecule has 0 radical (unpaired) electrons. The van der Waals surface area contributed by atoms with Gasteiger partial charge in [0.2, 0.25) is 0 Å². The molecule has 0 bridgehead atoms. The van der Waals surface area contributed by atoms with Gasteiger partial charge in [0.15, 0.2) is 0 Å². The van der Waals surface area contributed by atoms with Gasteiger partial charge in [-0.2, -0.15) is 0 Å². The molecule has 3 heteroatoms. The van der Waals surface area contributed by atoms with Crippen LogP contribution in [-0.2, 0) is 0 Å². The number of rotatable bonds is 7. The Morgan fingerprint density at radius 1 is 1.22 bits per heavy atom. The van der Waals surface area contributed by atoms with Crippen molar-refractivity contribution < 1.29 is 9.84 Å². The number of hydrogen-bond acceptors (Lipinski definition) is 3. The van der Waals surface area contributed by atoms with Crippen LogP contribution in [0.1, 0.15) is 31.9 Å². The SMILES string of the molecule is CCCOc1ccc(C(C(C)CO)N(C)C)cc1. The number of ether oxygens (including phenoxy) is 1. The summed E-state index contributed by atoms with van der Waals surface area (Å²) in [6.45, 7) is 5.10. The molecule has 18 heavy (non-hydrogen) atoms. The first-order chi connectivity index (χ1) is 8.60. The van der Waals surface area contributed by atoms with Gasteiger partial charge in [-0.3, -0.25) is 0 Å². The van der Waals surface area contributed by atoms with Crippen LogP contribution in [0.5, 0.6) is 5.75 Å². The lowest BCUT2D eigenvalue weighted by Gasteiger charge is -2.29. The van der Waals surface area contributed by atoms with Crippen molar-refractivity contribution in [2.45, 2.75) is 26.3 Å². The van der Waals surface area contributed by atoms with Crippen molar-refractivity contribution in [3.05, 3.63) is 29.8 Å². The van der Waals surface area contributed by atoms with Crippen molar-refractivity contribution in [2.24, 2.45) is 5.92 Å². The van der Waals surface area contributed by atoms with Crippen LogP contribution >= 0.6 is 0 Å². The number of aliphatic hydroxyl groups excluding tert-OH is 1. The van der Waals surface area contributed by atoms with Crippen molar-refractivity contribution in [1.29, 1.82) is 0 Å². The Hall–Kier alpha value is -1.06. The smallest absolute Gasteiger partial charge is 0.119 e. The van der Waals surface area contributed by atoms with Crippen molar-refractivity contribution in [3.63, 3.8) is 0 Å². The zero-order chi connectivity index (χ0) is 13.5. The maximum absolute atomic E-state index is 9.33. The summed E-state index contributed by atoms with van der Waals surface area (Å²) < 4.78 is 5.57. The van der Waals surface area contributed by atoms with E-state index in [0.29, 0.717) is 0 Å². The lowest BCUT2D eigenvalue weighted by molar-refractivity contribution is 0.145. The topological polar surface area (TPSA) is 32.7 Å². The molecular weight excluding hydrogens is 226 g/mol. The van der Waals surface area contributed by atoms with Gasteiger partial charge in [-0.15, -0.1) is 0 Å². The molecule has 102 valence electrons. The second-order valence-corrected chi connectivity index (χ2v) is 4.99. The second-order valence-electron chi connectivity index (χ2n) is 4.99. The van der Waals surface area contributed by atoms with Gasteiger partial charge < -0.3 is 14.7 Å². The maximum atomic E-state index is 9.33. The standard InChI is InChI=1S/C15H25NO2/c1-5-10-18-14-8-6-13(7-9-14)15(16(3)4)12(2)11-17/h6-9,12,15,17H,5,10-11H2,1-4H3. The van der Waals surface area contributed by atoms with Crippen LogP contribution in [0.4, 0.5) is 0 Å². The lowest BCUT2D eigenvalue weighted by atomic mass is 9.94. The summed E-state index contributed by atoms with van der Waals surface area (Å²) in [5, 5.41) is 9.33. The van der Waals surface area contributed by atoms with Gasteiger partial charge >= 0.3 is 0 Å². The molecule has 0 saturated carbocycles. The summed E-state index contributed by atoms with van der Waals surface area (Å²) in [6.07, 6.45) is 1.02. The van der Waals surface area contributed by atoms with E-state index < -0.39 is 0 Å². The van der Waals surface area contributed by atoms with E-state index in [9.17, 15) is 5.11 Å². The highest BCUT2D eigenvalue weighted by Crippen LogP contribution is 2.27. The molecule has 1 aromatic rings. The van der Waals surface area contributed by atoms with Crippen molar-refractivity contribution >= 4 is 0 Å². The lowest BCUT2D eigenvalue weighted by Crippen LogP contribution is -2.27. The summed E-state index contributed by atoms with van der Waals surface area (Å²) in [5.74, 6) is 1.12. The van der Waals surface area contributed by atoms with Gasteiger partial charge in [-0.05, 0) is 44.1 Å². The highest BCUT2D eigenvalue weighted by Gasteiger charge is 2.20. The van der Waals surface area contributed by atoms with Crippen LogP contribution in [0.2, 0.25) is 0 Å². The Morgan fingerprint density at radius 3 is 2.28 bits per heavy atom. The summed E-state index contributed by atoms with van der Waals surface area (Å²) in [4.78, 5) is 2.14. The molecular formula is C15H25NO2. The van der Waals surface area contributed by atoms with E-state index in [1.165, 1.54) is 5.56 Å². The number of benzene rings is 1. The van der Waals surface area contributed by atoms with E-state index >= 15 is 0 Å². The Morgan fingerprint density at radius 2 is 1.83 bits per heavy atom. The van der Waals surface area contributed by atoms with E-state index in [1.54, 1.807) is 0 Å². The van der Waals surface area contributed by atoms with Gasteiger partial charge in [0.25, 0.3) is 0 Å². The molecule has 3 nitrogen and oxygen atoms in total. The largest absolute Gasteiger partial charge is 0.494 e. The van der Waals surface area contributed by atoms with Gasteiger partial charge in [-0.1, -0.05) is 26.0 Å². The molecule has 0 heterocycles. The van der Waals surface area contributed by atoms with E-state index in [0.717, 1.165) is 18.8 Å². The van der Waals surface area contributed by atoms with E-state index in [-0.39, 0.29) is 18.6 Å². The maximum Gasteiger partial charge on any atom is 0.119 e. The summed E-state index contributed by atoms with van der Waals surface area (Å²) in [5.41, 5.74) is 1.21. The number of nitrogens with zero attached hydrogens (tertiary/aromatic N) is 1. The van der Waals surface area contributed by atoms with Crippen LogP contribution in [-0.4, -0.2) is 37.3 Å². The zero-order valence-corrected chi connectivity index (χ0v) is 11.9. The number of aliphatic hydroxyl groups is 1. The monoisotopic (exact) mass is 251 g/mol. The van der Waals surface area contributed by atoms with Crippen LogP contribution < -0.4 is 4.74 Å². The Bertz CT molecular complexity index is 335. The molecule has 0 aliphatic rings. The Kier molecular flexibility index (Phi) is 6.16. The predicted octanol–water partition coefficient (Wildman–Crippen LogP) is 2.71. The van der Waals surface area contributed by atoms with Gasteiger partial charge in [0.1, 0.15) is 5.75 Å². The molecule has 1 aromatic carbocycles. The molecule has 0 aliphatic carbocycles. The van der Waals surface area contributed by atoms with E-state index in [4.69, 9.17) is 4.74 Å². The summed E-state index contributed by atoms with van der Waals surface area (Å²) in [7, 11) is 4.08. The average Bonchev–Trinajstić information content (AvgIpc) is 2.37. The van der Waals surface area contributed by atoms with Crippen LogP contribution in [0.25, 0.3) is 0 Å². The van der Waals surface area contributed by atoms with E-state index in [2.05, 4.69) is 30.9 Å². The highest BCUT2D eigenvalue weighted by atomic mass is 16.5. The third-order valence-corrected chi connectivity index (χ3v) is 3.08. The predicted molar refractivity (Wildman–Crippen MR) is 74.9 cm³/mol. The molecule has 0 amide bonds. The molecule has 2 unspecified atom stereocenters. The van der Waals surface area contributed by atoms with Gasteiger partial charge in [0.05, 0.1) is 6.61 Å². The zero-order valence-electron chi connectivity index (χ0n) is 11.9. The molecule has 0 aliphatic heterocycles. The molecule has 0 fully saturated rings. The average molecular weight is 251 g/mol. The van der Waals surface area contributed by atoms with Crippen LogP contribution in [0, 0.1) is 5.92 Å². The van der Waals surface area contributed by atoms with Crippen molar-refractivity contribution in [1.82, 2.24) is 4.90 Å². The normalized spacial score (nSPS) is 14.6. The fourth-order valence-electron chi connectivity index (χ4n) is 2.22. The molecule has 1 N–H and O–H groups in total. The number of hydrogen-bond donors (Lipinski definition) is 1. The van der Waals surface area contributed by atoms with Gasteiger partial charge in [0, 0.05) is 12.6 Å². The minimum Gasteiger partial charge on any atom is -0.494 e. The molecule has 1 rings (SSSR count). The summed E-state index contributed by atoms with van der Waals surface area (Å²) >= 11 is 0. The van der Waals surface area contributed by atoms with Crippen LogP contribution in [0.3, 0.4) is 0 Å². The quantitative estimate of drug-likeness (QED) is 0.808. The fraction of sp³-hybridized carbons (Fsp3) is 0.600. The highest BCUT2D eigenvalue weighted by molar-refractivity contribution is 5.29. The third kappa shape index (κ3) is 4.00. The molecule has 0 aromatic heterocycles. The third-order valence-electron chi connectivity index (χ3n) is 3.08. The Balaban J connectivity index is 2.80. The first kappa shape index (κ1) is 15.0. The minimum atomic E-state index is 0.191. The van der Waals surface area contributed by atoms with Gasteiger partial charge in [-0.25, -0.2) is 0 Å². The van der Waals surface area contributed by atoms with Crippen molar-refractivity contribution in [2.75, 3.05) is 27.3 Å².